The van der Waals surface area contributed by atoms with Gasteiger partial charge in [0.1, 0.15) is 4.70 Å². The third-order valence-corrected chi connectivity index (χ3v) is 5.25. The summed E-state index contributed by atoms with van der Waals surface area (Å²) >= 11 is 2.33. The number of rotatable bonds is 7. The zero-order chi connectivity index (χ0) is 18.7. The van der Waals surface area contributed by atoms with Crippen LogP contribution in [0.3, 0.4) is 0 Å². The Morgan fingerprint density at radius 3 is 2.96 bits per heavy atom. The third kappa shape index (κ3) is 4.11. The molecule has 0 aliphatic rings. The first-order valence-electron chi connectivity index (χ1n) is 7.58. The zero-order valence-corrected chi connectivity index (χ0v) is 15.3. The first-order valence-corrected chi connectivity index (χ1v) is 9.45. The van der Waals surface area contributed by atoms with Gasteiger partial charge in [-0.15, -0.1) is 11.3 Å². The summed E-state index contributed by atoms with van der Waals surface area (Å²) in [5, 5.41) is 20.3. The predicted molar refractivity (Wildman–Crippen MR) is 98.8 cm³/mol. The molecule has 0 aliphatic carbocycles. The van der Waals surface area contributed by atoms with Gasteiger partial charge >= 0.3 is 5.97 Å². The van der Waals surface area contributed by atoms with Crippen molar-refractivity contribution in [1.29, 1.82) is 0 Å². The van der Waals surface area contributed by atoms with Gasteiger partial charge < -0.3 is 10.4 Å². The number of aryl methyl sites for hydroxylation is 1. The van der Waals surface area contributed by atoms with E-state index in [2.05, 4.69) is 20.5 Å². The standard InChI is InChI=1S/C15H15N5O4S2/c1-8-6-10(19-18-8)17-11(21)7-26-15-16-9-3-5-25-13(9)14(24)20(15)4-2-12(22)23/h3,5-6H,2,4,7H2,1H3,(H,22,23)(H2,17,18,19,21). The van der Waals surface area contributed by atoms with Gasteiger partial charge in [-0.05, 0) is 18.4 Å². The van der Waals surface area contributed by atoms with Crippen LogP contribution in [0.2, 0.25) is 0 Å². The number of thioether (sulfide) groups is 1. The maximum atomic E-state index is 12.6. The van der Waals surface area contributed by atoms with E-state index in [0.29, 0.717) is 21.2 Å². The van der Waals surface area contributed by atoms with Gasteiger partial charge in [0, 0.05) is 18.3 Å². The Balaban J connectivity index is 1.78. The molecular weight excluding hydrogens is 378 g/mol. The molecule has 1 amide bonds. The molecule has 26 heavy (non-hydrogen) atoms. The van der Waals surface area contributed by atoms with Crippen molar-refractivity contribution in [2.75, 3.05) is 11.1 Å². The number of carboxylic acid groups (broad SMARTS) is 1. The van der Waals surface area contributed by atoms with Crippen molar-refractivity contribution in [3.8, 4) is 0 Å². The second-order valence-electron chi connectivity index (χ2n) is 5.40. The number of nitrogens with zero attached hydrogens (tertiary/aromatic N) is 3. The fourth-order valence-corrected chi connectivity index (χ4v) is 3.83. The molecule has 0 fully saturated rings. The summed E-state index contributed by atoms with van der Waals surface area (Å²) in [5.41, 5.74) is 1.06. The van der Waals surface area contributed by atoms with Gasteiger partial charge in [0.25, 0.3) is 5.56 Å². The number of nitrogens with one attached hydrogen (secondary N) is 2. The highest BCUT2D eigenvalue weighted by molar-refractivity contribution is 7.99. The number of aliphatic carboxylic acids is 1. The van der Waals surface area contributed by atoms with Crippen LogP contribution in [-0.4, -0.2) is 42.5 Å². The minimum absolute atomic E-state index is 0.00246. The van der Waals surface area contributed by atoms with Gasteiger partial charge in [-0.3, -0.25) is 24.0 Å². The van der Waals surface area contributed by atoms with Crippen molar-refractivity contribution in [3.63, 3.8) is 0 Å². The number of anilines is 1. The summed E-state index contributed by atoms with van der Waals surface area (Å²) in [6.07, 6.45) is -0.204. The van der Waals surface area contributed by atoms with Gasteiger partial charge in [0.15, 0.2) is 11.0 Å². The van der Waals surface area contributed by atoms with Crippen LogP contribution in [0.1, 0.15) is 12.1 Å². The summed E-state index contributed by atoms with van der Waals surface area (Å²) < 4.78 is 1.78. The molecule has 0 unspecified atom stereocenters. The molecule has 0 bridgehead atoms. The van der Waals surface area contributed by atoms with E-state index in [0.717, 1.165) is 17.5 Å². The van der Waals surface area contributed by atoms with Crippen LogP contribution in [0, 0.1) is 6.92 Å². The molecule has 0 saturated heterocycles. The second-order valence-corrected chi connectivity index (χ2v) is 7.26. The Labute approximate surface area is 155 Å². The fraction of sp³-hybridized carbons (Fsp3) is 0.267. The van der Waals surface area contributed by atoms with E-state index in [1.807, 2.05) is 6.92 Å². The van der Waals surface area contributed by atoms with E-state index in [9.17, 15) is 14.4 Å². The Bertz CT molecular complexity index is 1020. The van der Waals surface area contributed by atoms with E-state index >= 15 is 0 Å². The van der Waals surface area contributed by atoms with Crippen LogP contribution in [0.4, 0.5) is 5.82 Å². The van der Waals surface area contributed by atoms with Crippen molar-refractivity contribution in [2.45, 2.75) is 25.0 Å². The number of aromatic amines is 1. The molecule has 3 N–H and O–H groups in total. The van der Waals surface area contributed by atoms with Gasteiger partial charge in [0.05, 0.1) is 17.7 Å². The molecule has 3 heterocycles. The number of thiophene rings is 1. The SMILES string of the molecule is Cc1cc(NC(=O)CSc2nc3ccsc3c(=O)n2CCC(=O)O)n[nH]1. The third-order valence-electron chi connectivity index (χ3n) is 3.39. The molecule has 0 aromatic carbocycles. The lowest BCUT2D eigenvalue weighted by Gasteiger charge is -2.10. The first kappa shape index (κ1) is 18.1. The van der Waals surface area contributed by atoms with E-state index in [1.54, 1.807) is 17.5 Å². The minimum Gasteiger partial charge on any atom is -0.481 e. The molecule has 136 valence electrons. The number of H-pyrrole nitrogens is 1. The van der Waals surface area contributed by atoms with Crippen molar-refractivity contribution in [2.24, 2.45) is 0 Å². The van der Waals surface area contributed by atoms with Crippen molar-refractivity contribution in [1.82, 2.24) is 19.7 Å². The fourth-order valence-electron chi connectivity index (χ4n) is 2.23. The quantitative estimate of drug-likeness (QED) is 0.411. The molecule has 0 spiro atoms. The Hall–Kier alpha value is -2.66. The number of hydrogen-bond acceptors (Lipinski definition) is 7. The number of fused-ring (bicyclic) bond motifs is 1. The summed E-state index contributed by atoms with van der Waals surface area (Å²) in [7, 11) is 0. The largest absolute Gasteiger partial charge is 0.481 e. The topological polar surface area (TPSA) is 130 Å². The van der Waals surface area contributed by atoms with E-state index < -0.39 is 5.97 Å². The lowest BCUT2D eigenvalue weighted by Crippen LogP contribution is -2.24. The molecule has 3 rings (SSSR count). The van der Waals surface area contributed by atoms with Crippen LogP contribution in [0.5, 0.6) is 0 Å². The molecule has 3 aromatic heterocycles. The maximum absolute atomic E-state index is 12.6. The Morgan fingerprint density at radius 1 is 1.46 bits per heavy atom. The second kappa shape index (κ2) is 7.70. The number of aromatic nitrogens is 4. The van der Waals surface area contributed by atoms with Crippen LogP contribution in [0.15, 0.2) is 27.5 Å². The van der Waals surface area contributed by atoms with Crippen molar-refractivity contribution < 1.29 is 14.7 Å². The molecular formula is C15H15N5O4S2. The highest BCUT2D eigenvalue weighted by Gasteiger charge is 2.15. The lowest BCUT2D eigenvalue weighted by atomic mass is 10.4. The number of carbonyl (C=O) groups excluding carboxylic acids is 1. The monoisotopic (exact) mass is 393 g/mol. The van der Waals surface area contributed by atoms with Crippen LogP contribution in [0.25, 0.3) is 10.2 Å². The predicted octanol–water partition coefficient (Wildman–Crippen LogP) is 1.70. The lowest BCUT2D eigenvalue weighted by molar-refractivity contribution is -0.137. The zero-order valence-electron chi connectivity index (χ0n) is 13.7. The highest BCUT2D eigenvalue weighted by Crippen LogP contribution is 2.21. The van der Waals surface area contributed by atoms with Gasteiger partial charge in [-0.2, -0.15) is 5.10 Å². The smallest absolute Gasteiger partial charge is 0.305 e. The number of amides is 1. The average Bonchev–Trinajstić information content (AvgIpc) is 3.21. The van der Waals surface area contributed by atoms with E-state index in [4.69, 9.17) is 5.11 Å². The minimum atomic E-state index is -1.01. The summed E-state index contributed by atoms with van der Waals surface area (Å²) in [5.74, 6) is -0.879. The molecule has 0 radical (unpaired) electrons. The average molecular weight is 393 g/mol. The van der Waals surface area contributed by atoms with Crippen LogP contribution >= 0.6 is 23.1 Å². The number of carbonyl (C=O) groups is 2. The maximum Gasteiger partial charge on any atom is 0.305 e. The molecule has 3 aromatic rings. The summed E-state index contributed by atoms with van der Waals surface area (Å²) in [4.78, 5) is 39.9. The molecule has 0 aliphatic heterocycles. The molecule has 9 nitrogen and oxygen atoms in total. The van der Waals surface area contributed by atoms with E-state index in [1.165, 1.54) is 15.9 Å². The van der Waals surface area contributed by atoms with Crippen molar-refractivity contribution in [3.05, 3.63) is 33.6 Å². The molecule has 11 heteroatoms. The Morgan fingerprint density at radius 2 is 2.27 bits per heavy atom. The molecule has 0 atom stereocenters. The summed E-state index contributed by atoms with van der Waals surface area (Å²) in [6, 6.07) is 3.42. The first-order chi connectivity index (χ1) is 12.4. The highest BCUT2D eigenvalue weighted by atomic mass is 32.2. The van der Waals surface area contributed by atoms with Crippen LogP contribution < -0.4 is 10.9 Å². The normalized spacial score (nSPS) is 11.0. The van der Waals surface area contributed by atoms with Gasteiger partial charge in [-0.25, -0.2) is 4.98 Å². The summed E-state index contributed by atoms with van der Waals surface area (Å²) in [6.45, 7) is 1.82. The van der Waals surface area contributed by atoms with E-state index in [-0.39, 0.29) is 30.2 Å². The number of carboxylic acids is 1. The van der Waals surface area contributed by atoms with Crippen molar-refractivity contribution >= 4 is 51.0 Å². The van der Waals surface area contributed by atoms with Gasteiger partial charge in [0.2, 0.25) is 5.91 Å². The number of hydrogen-bond donors (Lipinski definition) is 3. The Kier molecular flexibility index (Phi) is 5.38. The van der Waals surface area contributed by atoms with Gasteiger partial charge in [-0.1, -0.05) is 11.8 Å². The van der Waals surface area contributed by atoms with Crippen LogP contribution in [-0.2, 0) is 16.1 Å². The molecule has 0 saturated carbocycles.